The van der Waals surface area contributed by atoms with E-state index in [1.54, 1.807) is 0 Å². The Morgan fingerprint density at radius 3 is 2.28 bits per heavy atom. The van der Waals surface area contributed by atoms with Gasteiger partial charge in [0.15, 0.2) is 0 Å². The molecule has 2 radical (unpaired) electrons. The Labute approximate surface area is 114 Å². The van der Waals surface area contributed by atoms with Gasteiger partial charge in [-0.1, -0.05) is 23.8 Å². The molecule has 0 saturated heterocycles. The highest BCUT2D eigenvalue weighted by Gasteiger charge is 2.10. The minimum absolute atomic E-state index is 0.334. The maximum Gasteiger partial charge on any atom is 0.330 e. The minimum Gasteiger partial charge on any atom is -0.463 e. The van der Waals surface area contributed by atoms with Crippen LogP contribution in [-0.4, -0.2) is 22.1 Å². The first-order valence-corrected chi connectivity index (χ1v) is 7.55. The van der Waals surface area contributed by atoms with Gasteiger partial charge in [-0.3, -0.25) is 0 Å². The van der Waals surface area contributed by atoms with E-state index >= 15 is 0 Å². The van der Waals surface area contributed by atoms with Crippen LogP contribution in [0.4, 0.5) is 0 Å². The van der Waals surface area contributed by atoms with E-state index in [9.17, 15) is 4.79 Å². The van der Waals surface area contributed by atoms with E-state index in [0.717, 1.165) is 34.8 Å². The molecule has 0 saturated carbocycles. The Morgan fingerprint density at radius 2 is 1.83 bits per heavy atom. The Morgan fingerprint density at radius 1 is 1.28 bits per heavy atom. The van der Waals surface area contributed by atoms with Crippen LogP contribution in [0, 0.1) is 0 Å². The van der Waals surface area contributed by atoms with Crippen molar-refractivity contribution >= 4 is 15.5 Å². The maximum atomic E-state index is 10.8. The number of carbonyl (C=O) groups is 1. The predicted molar refractivity (Wildman–Crippen MR) is 78.9 cm³/mol. The number of rotatable bonds is 10. The first-order valence-electron chi connectivity index (χ1n) is 6.27. The van der Waals surface area contributed by atoms with Crippen LogP contribution in [0.1, 0.15) is 33.1 Å². The fraction of sp³-hybridized carbons (Fsp3) is 0.533. The first-order chi connectivity index (χ1) is 8.45. The number of allylic oxidation sites excluding steroid dienone is 2. The van der Waals surface area contributed by atoms with Crippen molar-refractivity contribution in [1.29, 1.82) is 0 Å². The Balaban J connectivity index is 3.81. The van der Waals surface area contributed by atoms with E-state index in [1.165, 1.54) is 17.2 Å². The van der Waals surface area contributed by atoms with E-state index in [2.05, 4.69) is 33.6 Å². The van der Waals surface area contributed by atoms with Crippen molar-refractivity contribution in [2.45, 2.75) is 44.7 Å². The monoisotopic (exact) mass is 264 g/mol. The summed E-state index contributed by atoms with van der Waals surface area (Å²) in [6.07, 6.45) is 4.25. The highest BCUT2D eigenvalue weighted by atomic mass is 28.2. The first kappa shape index (κ1) is 16.9. The quantitative estimate of drug-likeness (QED) is 0.196. The Kier molecular flexibility index (Phi) is 9.29. The van der Waals surface area contributed by atoms with Crippen molar-refractivity contribution in [3.63, 3.8) is 0 Å². The molecule has 0 amide bonds. The third-order valence-corrected chi connectivity index (χ3v) is 3.98. The number of esters is 1. The molecule has 0 rings (SSSR count). The molecule has 0 aromatic rings. The number of hydrogen-bond donors (Lipinski definition) is 0. The minimum atomic E-state index is -0.334. The molecule has 100 valence electrons. The molecule has 2 nitrogen and oxygen atoms in total. The molecule has 3 heteroatoms. The predicted octanol–water partition coefficient (Wildman–Crippen LogP) is 3.95. The molecule has 0 aliphatic rings. The van der Waals surface area contributed by atoms with Gasteiger partial charge in [-0.15, -0.1) is 13.2 Å². The summed E-state index contributed by atoms with van der Waals surface area (Å²) in [7, 11) is 0.874. The van der Waals surface area contributed by atoms with Gasteiger partial charge < -0.3 is 4.74 Å². The van der Waals surface area contributed by atoms with Gasteiger partial charge in [0.05, 0.1) is 6.61 Å². The second-order valence-electron chi connectivity index (χ2n) is 4.70. The van der Waals surface area contributed by atoms with Crippen LogP contribution in [0.15, 0.2) is 37.0 Å². The summed E-state index contributed by atoms with van der Waals surface area (Å²) in [5.74, 6) is -0.334. The summed E-state index contributed by atoms with van der Waals surface area (Å²) < 4.78 is 4.95. The molecule has 0 aromatic carbocycles. The topological polar surface area (TPSA) is 26.3 Å². The van der Waals surface area contributed by atoms with Gasteiger partial charge >= 0.3 is 5.97 Å². The summed E-state index contributed by atoms with van der Waals surface area (Å²) >= 11 is 0. The van der Waals surface area contributed by atoms with Crippen molar-refractivity contribution in [3.8, 4) is 0 Å². The van der Waals surface area contributed by atoms with Crippen molar-refractivity contribution in [1.82, 2.24) is 0 Å². The molecule has 0 aliphatic heterocycles. The van der Waals surface area contributed by atoms with Gasteiger partial charge in [-0.25, -0.2) is 4.79 Å². The van der Waals surface area contributed by atoms with Crippen molar-refractivity contribution < 1.29 is 9.53 Å². The molecule has 0 unspecified atom stereocenters. The molecule has 18 heavy (non-hydrogen) atoms. The third-order valence-electron chi connectivity index (χ3n) is 2.35. The van der Waals surface area contributed by atoms with Crippen LogP contribution in [0.2, 0.25) is 11.6 Å². The number of carbonyl (C=O) groups excluding carboxylic acids is 1. The molecule has 0 heterocycles. The van der Waals surface area contributed by atoms with E-state index in [0.29, 0.717) is 12.1 Å². The molecular weight excluding hydrogens is 240 g/mol. The van der Waals surface area contributed by atoms with Crippen molar-refractivity contribution in [3.05, 3.63) is 37.0 Å². The zero-order valence-electron chi connectivity index (χ0n) is 11.6. The normalized spacial score (nSPS) is 10.2. The lowest BCUT2D eigenvalue weighted by Crippen LogP contribution is -2.07. The SMILES string of the molecule is C=CC(=O)OCCC[Si]C(CC(=C)C)CC(=C)C. The summed E-state index contributed by atoms with van der Waals surface area (Å²) in [5, 5.41) is 0. The van der Waals surface area contributed by atoms with Crippen LogP contribution >= 0.6 is 0 Å². The van der Waals surface area contributed by atoms with E-state index in [1.807, 2.05) is 0 Å². The summed E-state index contributed by atoms with van der Waals surface area (Å²) in [5.41, 5.74) is 3.11. The maximum absolute atomic E-state index is 10.8. The van der Waals surface area contributed by atoms with E-state index < -0.39 is 0 Å². The second kappa shape index (κ2) is 9.89. The van der Waals surface area contributed by atoms with Gasteiger partial charge in [-0.05, 0) is 38.7 Å². The highest BCUT2D eigenvalue weighted by Crippen LogP contribution is 2.24. The molecule has 0 fully saturated rings. The smallest absolute Gasteiger partial charge is 0.330 e. The highest BCUT2D eigenvalue weighted by molar-refractivity contribution is 6.37. The Hall–Kier alpha value is -1.09. The van der Waals surface area contributed by atoms with Crippen LogP contribution in [0.3, 0.4) is 0 Å². The standard InChI is InChI=1S/C15H24O2Si/c1-6-15(16)17-8-7-9-18-14(10-12(2)3)11-13(4)5/h6,14H,1-2,4,7-11H2,3,5H3. The van der Waals surface area contributed by atoms with Gasteiger partial charge in [0.1, 0.15) is 0 Å². The lowest BCUT2D eigenvalue weighted by atomic mass is 10.1. The average molecular weight is 264 g/mol. The largest absolute Gasteiger partial charge is 0.463 e. The second-order valence-corrected chi connectivity index (χ2v) is 6.42. The van der Waals surface area contributed by atoms with Crippen LogP contribution in [0.25, 0.3) is 0 Å². The average Bonchev–Trinajstić information content (AvgIpc) is 2.26. The number of hydrogen-bond acceptors (Lipinski definition) is 2. The number of ether oxygens (including phenoxy) is 1. The molecular formula is C15H24O2Si. The molecule has 0 N–H and O–H groups in total. The zero-order chi connectivity index (χ0) is 14.0. The molecule has 0 atom stereocenters. The van der Waals surface area contributed by atoms with Crippen LogP contribution < -0.4 is 0 Å². The van der Waals surface area contributed by atoms with Crippen molar-refractivity contribution in [2.75, 3.05) is 6.61 Å². The fourth-order valence-electron chi connectivity index (χ4n) is 1.67. The van der Waals surface area contributed by atoms with Gasteiger partial charge in [0.25, 0.3) is 0 Å². The Bertz CT molecular complexity index is 292. The summed E-state index contributed by atoms with van der Waals surface area (Å²) in [6.45, 7) is 15.9. The lowest BCUT2D eigenvalue weighted by Gasteiger charge is -2.16. The lowest BCUT2D eigenvalue weighted by molar-refractivity contribution is -0.137. The van der Waals surface area contributed by atoms with Crippen LogP contribution in [-0.2, 0) is 9.53 Å². The summed E-state index contributed by atoms with van der Waals surface area (Å²) in [4.78, 5) is 10.8. The molecule has 0 aromatic heterocycles. The molecule has 0 spiro atoms. The third kappa shape index (κ3) is 10.1. The van der Waals surface area contributed by atoms with Gasteiger partial charge in [-0.2, -0.15) is 0 Å². The van der Waals surface area contributed by atoms with E-state index in [-0.39, 0.29) is 5.97 Å². The van der Waals surface area contributed by atoms with Crippen LogP contribution in [0.5, 0.6) is 0 Å². The van der Waals surface area contributed by atoms with Gasteiger partial charge in [0.2, 0.25) is 0 Å². The summed E-state index contributed by atoms with van der Waals surface area (Å²) in [6, 6.07) is 1.09. The van der Waals surface area contributed by atoms with Gasteiger partial charge in [0, 0.05) is 15.6 Å². The fourth-order valence-corrected chi connectivity index (χ4v) is 3.41. The molecule has 0 bridgehead atoms. The van der Waals surface area contributed by atoms with Crippen molar-refractivity contribution in [2.24, 2.45) is 0 Å². The van der Waals surface area contributed by atoms with E-state index in [4.69, 9.17) is 4.74 Å². The zero-order valence-corrected chi connectivity index (χ0v) is 12.6. The molecule has 0 aliphatic carbocycles.